The van der Waals surface area contributed by atoms with E-state index in [1.807, 2.05) is 17.5 Å². The van der Waals surface area contributed by atoms with Crippen LogP contribution in [0.1, 0.15) is 15.4 Å². The van der Waals surface area contributed by atoms with Crippen LogP contribution in [-0.4, -0.2) is 70.7 Å². The largest absolute Gasteiger partial charge is 0.405 e. The van der Waals surface area contributed by atoms with Crippen LogP contribution >= 0.6 is 23.7 Å². The smallest absolute Gasteiger partial charge is 0.349 e. The molecule has 3 rings (SSSR count). The van der Waals surface area contributed by atoms with Crippen LogP contribution in [0.5, 0.6) is 0 Å². The van der Waals surface area contributed by atoms with Crippen LogP contribution in [-0.2, 0) is 6.54 Å². The molecule has 0 radical (unpaired) electrons. The van der Waals surface area contributed by atoms with Crippen LogP contribution in [0.4, 0.5) is 13.2 Å². The van der Waals surface area contributed by atoms with Gasteiger partial charge >= 0.3 is 6.18 Å². The number of thiophene rings is 1. The second kappa shape index (κ2) is 9.49. The van der Waals surface area contributed by atoms with E-state index in [0.29, 0.717) is 19.6 Å². The molecule has 1 aliphatic rings. The van der Waals surface area contributed by atoms with E-state index in [4.69, 9.17) is 0 Å². The molecule has 1 atom stereocenters. The van der Waals surface area contributed by atoms with Crippen LogP contribution in [0.25, 0.3) is 0 Å². The van der Waals surface area contributed by atoms with E-state index < -0.39 is 24.7 Å². The summed E-state index contributed by atoms with van der Waals surface area (Å²) in [7, 11) is 0. The Morgan fingerprint density at radius 1 is 1.37 bits per heavy atom. The van der Waals surface area contributed by atoms with Gasteiger partial charge in [-0.25, -0.2) is 4.68 Å². The molecule has 0 bridgehead atoms. The zero-order valence-corrected chi connectivity index (χ0v) is 15.9. The molecule has 150 valence electrons. The number of rotatable bonds is 6. The number of carbonyl (C=O) groups is 1. The monoisotopic (exact) mass is 424 g/mol. The van der Waals surface area contributed by atoms with E-state index in [1.165, 1.54) is 15.8 Å². The van der Waals surface area contributed by atoms with Crippen LogP contribution in [0.15, 0.2) is 23.7 Å². The molecule has 2 aromatic rings. The van der Waals surface area contributed by atoms with Crippen molar-refractivity contribution >= 4 is 29.7 Å². The van der Waals surface area contributed by atoms with Gasteiger partial charge in [0.2, 0.25) is 0 Å². The van der Waals surface area contributed by atoms with Crippen molar-refractivity contribution in [3.8, 4) is 0 Å². The minimum Gasteiger partial charge on any atom is -0.349 e. The van der Waals surface area contributed by atoms with Gasteiger partial charge in [0, 0.05) is 37.6 Å². The summed E-state index contributed by atoms with van der Waals surface area (Å²) in [6.45, 7) is 1.52. The van der Waals surface area contributed by atoms with E-state index in [9.17, 15) is 18.0 Å². The topological polar surface area (TPSA) is 75.1 Å². The number of piperazine rings is 1. The molecule has 0 saturated carbocycles. The van der Waals surface area contributed by atoms with Crippen molar-refractivity contribution in [3.63, 3.8) is 0 Å². The van der Waals surface area contributed by atoms with Crippen molar-refractivity contribution in [1.29, 1.82) is 0 Å². The summed E-state index contributed by atoms with van der Waals surface area (Å²) in [5.74, 6) is -0.660. The zero-order valence-electron chi connectivity index (χ0n) is 14.3. The third kappa shape index (κ3) is 5.89. The first-order valence-electron chi connectivity index (χ1n) is 8.15. The molecule has 0 aliphatic carbocycles. The highest BCUT2D eigenvalue weighted by Crippen LogP contribution is 2.24. The van der Waals surface area contributed by atoms with Crippen LogP contribution in [0.2, 0.25) is 0 Å². The van der Waals surface area contributed by atoms with Gasteiger partial charge in [-0.1, -0.05) is 11.3 Å². The van der Waals surface area contributed by atoms with E-state index in [1.54, 1.807) is 11.3 Å². The molecule has 0 spiro atoms. The van der Waals surface area contributed by atoms with Gasteiger partial charge in [0.1, 0.15) is 6.04 Å². The van der Waals surface area contributed by atoms with Crippen molar-refractivity contribution in [3.05, 3.63) is 34.3 Å². The maximum Gasteiger partial charge on any atom is 0.405 e. The fourth-order valence-corrected chi connectivity index (χ4v) is 3.46. The number of hydrogen-bond acceptors (Lipinski definition) is 6. The normalized spacial score (nSPS) is 16.6. The Bertz CT molecular complexity index is 717. The van der Waals surface area contributed by atoms with Gasteiger partial charge < -0.3 is 10.6 Å². The lowest BCUT2D eigenvalue weighted by molar-refractivity contribution is -0.183. The highest BCUT2D eigenvalue weighted by atomic mass is 35.5. The van der Waals surface area contributed by atoms with E-state index in [-0.39, 0.29) is 31.2 Å². The molecule has 1 unspecified atom stereocenters. The molecule has 2 N–H and O–H groups in total. The fraction of sp³-hybridized carbons (Fsp3) is 0.533. The molecular formula is C15H20ClF3N6OS. The molecule has 1 aliphatic heterocycles. The highest BCUT2D eigenvalue weighted by molar-refractivity contribution is 7.09. The lowest BCUT2D eigenvalue weighted by atomic mass is 10.2. The molecule has 0 aromatic carbocycles. The maximum absolute atomic E-state index is 13.3. The number of amides is 1. The van der Waals surface area contributed by atoms with E-state index >= 15 is 0 Å². The van der Waals surface area contributed by atoms with Gasteiger partial charge in [0.25, 0.3) is 5.91 Å². The number of carbonyl (C=O) groups excluding carboxylic acids is 1. The minimum atomic E-state index is -4.42. The quantitative estimate of drug-likeness (QED) is 0.732. The van der Waals surface area contributed by atoms with Gasteiger partial charge in [-0.2, -0.15) is 13.2 Å². The molecule has 2 aromatic heterocycles. The molecule has 3 heterocycles. The standard InChI is InChI=1S/C15H19F3N6OS.ClH/c16-15(17,18)13(23-5-3-19-4-6-23)8-20-14(25)12-10-24(22-21-12)9-11-2-1-7-26-11;/h1-2,7,10,13,19H,3-6,8-9H2,(H,20,25);1H. The Hall–Kier alpha value is -1.69. The van der Waals surface area contributed by atoms with Crippen molar-refractivity contribution in [2.24, 2.45) is 0 Å². The van der Waals surface area contributed by atoms with Crippen LogP contribution < -0.4 is 10.6 Å². The fourth-order valence-electron chi connectivity index (χ4n) is 2.77. The predicted molar refractivity (Wildman–Crippen MR) is 97.3 cm³/mol. The van der Waals surface area contributed by atoms with Crippen LogP contribution in [0, 0.1) is 0 Å². The maximum atomic E-state index is 13.3. The van der Waals surface area contributed by atoms with E-state index in [0.717, 1.165) is 4.88 Å². The number of aromatic nitrogens is 3. The first-order chi connectivity index (χ1) is 12.4. The van der Waals surface area contributed by atoms with Gasteiger partial charge in [-0.05, 0) is 11.4 Å². The zero-order chi connectivity index (χ0) is 18.6. The minimum absolute atomic E-state index is 0. The van der Waals surface area contributed by atoms with Gasteiger partial charge in [-0.15, -0.1) is 28.8 Å². The van der Waals surface area contributed by atoms with Gasteiger partial charge in [-0.3, -0.25) is 9.69 Å². The van der Waals surface area contributed by atoms with Crippen molar-refractivity contribution in [2.45, 2.75) is 18.8 Å². The Kier molecular flexibility index (Phi) is 7.59. The molecule has 1 saturated heterocycles. The number of halogens is 4. The number of hydrogen-bond donors (Lipinski definition) is 2. The first kappa shape index (κ1) is 21.6. The SMILES string of the molecule is Cl.O=C(NCC(N1CCNCC1)C(F)(F)F)c1cn(Cc2cccs2)nn1. The Labute approximate surface area is 164 Å². The van der Waals surface area contributed by atoms with Crippen molar-refractivity contribution < 1.29 is 18.0 Å². The molecule has 12 heteroatoms. The Morgan fingerprint density at radius 2 is 2.11 bits per heavy atom. The third-order valence-electron chi connectivity index (χ3n) is 4.10. The summed E-state index contributed by atoms with van der Waals surface area (Å²) < 4.78 is 41.5. The lowest BCUT2D eigenvalue weighted by Gasteiger charge is -2.35. The average Bonchev–Trinajstić information content (AvgIpc) is 3.27. The van der Waals surface area contributed by atoms with Crippen LogP contribution in [0.3, 0.4) is 0 Å². The predicted octanol–water partition coefficient (Wildman–Crippen LogP) is 1.38. The summed E-state index contributed by atoms with van der Waals surface area (Å²) in [4.78, 5) is 14.5. The number of nitrogens with one attached hydrogen (secondary N) is 2. The number of nitrogens with zero attached hydrogens (tertiary/aromatic N) is 4. The van der Waals surface area contributed by atoms with E-state index in [2.05, 4.69) is 20.9 Å². The van der Waals surface area contributed by atoms with Crippen molar-refractivity contribution in [2.75, 3.05) is 32.7 Å². The molecule has 7 nitrogen and oxygen atoms in total. The Balaban J connectivity index is 0.00000261. The summed E-state index contributed by atoms with van der Waals surface area (Å²) in [6, 6.07) is 2.11. The summed E-state index contributed by atoms with van der Waals surface area (Å²) in [5, 5.41) is 14.9. The van der Waals surface area contributed by atoms with Crippen molar-refractivity contribution in [1.82, 2.24) is 30.5 Å². The molecular weight excluding hydrogens is 405 g/mol. The molecule has 1 amide bonds. The summed E-state index contributed by atoms with van der Waals surface area (Å²) in [5.41, 5.74) is 0.00258. The van der Waals surface area contributed by atoms with Gasteiger partial charge in [0.15, 0.2) is 5.69 Å². The summed E-state index contributed by atoms with van der Waals surface area (Å²) >= 11 is 1.54. The third-order valence-corrected chi connectivity index (χ3v) is 4.96. The number of alkyl halides is 3. The summed E-state index contributed by atoms with van der Waals surface area (Å²) in [6.07, 6.45) is -2.98. The average molecular weight is 425 g/mol. The molecule has 1 fully saturated rings. The second-order valence-corrected chi connectivity index (χ2v) is 6.97. The second-order valence-electron chi connectivity index (χ2n) is 5.93. The highest BCUT2D eigenvalue weighted by Gasteiger charge is 2.43. The first-order valence-corrected chi connectivity index (χ1v) is 9.03. The molecule has 27 heavy (non-hydrogen) atoms. The lowest BCUT2D eigenvalue weighted by Crippen LogP contribution is -2.57. The Morgan fingerprint density at radius 3 is 2.74 bits per heavy atom. The van der Waals surface area contributed by atoms with Gasteiger partial charge in [0.05, 0.1) is 12.7 Å².